The van der Waals surface area contributed by atoms with E-state index in [4.69, 9.17) is 17.0 Å². The molecule has 0 radical (unpaired) electrons. The standard InChI is InChI=1S/C17H20N2O2S2/c1-4-11(2)12-5-7-13(8-6-12)18-17(22)19-14-9-10-23-15(14)16(20)21-3/h5-11H,4H2,1-3H3,(H2,18,19,22). The van der Waals surface area contributed by atoms with Crippen molar-refractivity contribution in [3.05, 3.63) is 46.2 Å². The van der Waals surface area contributed by atoms with Crippen LogP contribution in [0.2, 0.25) is 0 Å². The van der Waals surface area contributed by atoms with Crippen LogP contribution in [0.5, 0.6) is 0 Å². The highest BCUT2D eigenvalue weighted by Gasteiger charge is 2.14. The van der Waals surface area contributed by atoms with Crippen LogP contribution in [-0.4, -0.2) is 18.2 Å². The molecule has 0 fully saturated rings. The highest BCUT2D eigenvalue weighted by atomic mass is 32.1. The molecule has 4 nitrogen and oxygen atoms in total. The maximum atomic E-state index is 11.6. The molecule has 1 unspecified atom stereocenters. The lowest BCUT2D eigenvalue weighted by atomic mass is 9.99. The number of ether oxygens (including phenoxy) is 1. The van der Waals surface area contributed by atoms with Crippen LogP contribution in [-0.2, 0) is 4.74 Å². The molecule has 122 valence electrons. The van der Waals surface area contributed by atoms with E-state index in [1.54, 1.807) is 6.07 Å². The Balaban J connectivity index is 2.00. The second-order valence-electron chi connectivity index (χ2n) is 5.17. The number of carbonyl (C=O) groups is 1. The zero-order valence-electron chi connectivity index (χ0n) is 13.4. The minimum absolute atomic E-state index is 0.372. The summed E-state index contributed by atoms with van der Waals surface area (Å²) >= 11 is 6.62. The number of anilines is 2. The lowest BCUT2D eigenvalue weighted by Crippen LogP contribution is -2.20. The van der Waals surface area contributed by atoms with Gasteiger partial charge in [0.2, 0.25) is 0 Å². The van der Waals surface area contributed by atoms with Gasteiger partial charge in [-0.1, -0.05) is 26.0 Å². The van der Waals surface area contributed by atoms with Crippen LogP contribution in [0.4, 0.5) is 11.4 Å². The first kappa shape index (κ1) is 17.4. The number of rotatable bonds is 5. The summed E-state index contributed by atoms with van der Waals surface area (Å²) in [6, 6.07) is 10.0. The molecule has 1 heterocycles. The number of hydrogen-bond donors (Lipinski definition) is 2. The van der Waals surface area contributed by atoms with E-state index in [2.05, 4.69) is 36.6 Å². The Morgan fingerprint density at radius 1 is 1.26 bits per heavy atom. The fourth-order valence-corrected chi connectivity index (χ4v) is 3.07. The maximum Gasteiger partial charge on any atom is 0.350 e. The Kier molecular flexibility index (Phi) is 6.12. The Morgan fingerprint density at radius 3 is 2.57 bits per heavy atom. The molecule has 0 saturated carbocycles. The van der Waals surface area contributed by atoms with Crippen molar-refractivity contribution in [3.8, 4) is 0 Å². The van der Waals surface area contributed by atoms with E-state index in [0.717, 1.165) is 12.1 Å². The van der Waals surface area contributed by atoms with Crippen molar-refractivity contribution in [1.82, 2.24) is 0 Å². The Bertz CT molecular complexity index is 680. The molecule has 0 bridgehead atoms. The molecular formula is C17H20N2O2S2. The zero-order valence-corrected chi connectivity index (χ0v) is 15.0. The molecule has 0 aliphatic rings. The van der Waals surface area contributed by atoms with Gasteiger partial charge < -0.3 is 15.4 Å². The largest absolute Gasteiger partial charge is 0.465 e. The summed E-state index contributed by atoms with van der Waals surface area (Å²) in [5, 5.41) is 8.41. The van der Waals surface area contributed by atoms with Gasteiger partial charge in [-0.05, 0) is 53.7 Å². The van der Waals surface area contributed by atoms with Crippen molar-refractivity contribution in [2.75, 3.05) is 17.7 Å². The minimum atomic E-state index is -0.372. The SMILES string of the molecule is CCC(C)c1ccc(NC(=S)Nc2ccsc2C(=O)OC)cc1. The fourth-order valence-electron chi connectivity index (χ4n) is 2.07. The van der Waals surface area contributed by atoms with Crippen molar-refractivity contribution in [2.45, 2.75) is 26.2 Å². The molecule has 1 atom stereocenters. The third-order valence-corrected chi connectivity index (χ3v) is 4.73. The first-order valence-corrected chi connectivity index (χ1v) is 8.67. The number of esters is 1. The number of thiophene rings is 1. The molecule has 2 aromatic rings. The molecular weight excluding hydrogens is 328 g/mol. The average Bonchev–Trinajstić information content (AvgIpc) is 3.02. The molecule has 0 saturated heterocycles. The normalized spacial score (nSPS) is 11.6. The van der Waals surface area contributed by atoms with E-state index >= 15 is 0 Å². The summed E-state index contributed by atoms with van der Waals surface area (Å²) in [6.45, 7) is 4.38. The molecule has 23 heavy (non-hydrogen) atoms. The van der Waals surface area contributed by atoms with Crippen LogP contribution in [0, 0.1) is 0 Å². The zero-order chi connectivity index (χ0) is 16.8. The van der Waals surface area contributed by atoms with E-state index in [1.165, 1.54) is 24.0 Å². The first-order chi connectivity index (χ1) is 11.0. The van der Waals surface area contributed by atoms with Gasteiger partial charge in [-0.2, -0.15) is 0 Å². The second-order valence-corrected chi connectivity index (χ2v) is 6.49. The summed E-state index contributed by atoms with van der Waals surface area (Å²) < 4.78 is 4.75. The Hall–Kier alpha value is -1.92. The molecule has 0 aliphatic heterocycles. The lowest BCUT2D eigenvalue weighted by Gasteiger charge is -2.13. The van der Waals surface area contributed by atoms with Gasteiger partial charge in [0.15, 0.2) is 5.11 Å². The van der Waals surface area contributed by atoms with E-state index in [-0.39, 0.29) is 5.97 Å². The van der Waals surface area contributed by atoms with Crippen molar-refractivity contribution in [2.24, 2.45) is 0 Å². The van der Waals surface area contributed by atoms with Crippen LogP contribution in [0.25, 0.3) is 0 Å². The third kappa shape index (κ3) is 4.53. The summed E-state index contributed by atoms with van der Waals surface area (Å²) in [7, 11) is 1.36. The van der Waals surface area contributed by atoms with Gasteiger partial charge in [0.05, 0.1) is 12.8 Å². The first-order valence-electron chi connectivity index (χ1n) is 7.39. The third-order valence-electron chi connectivity index (χ3n) is 3.63. The van der Waals surface area contributed by atoms with E-state index in [1.807, 2.05) is 17.5 Å². The van der Waals surface area contributed by atoms with Crippen LogP contribution >= 0.6 is 23.6 Å². The number of benzene rings is 1. The number of hydrogen-bond acceptors (Lipinski definition) is 4. The Labute approximate surface area is 145 Å². The fraction of sp³-hybridized carbons (Fsp3) is 0.294. The van der Waals surface area contributed by atoms with Gasteiger partial charge in [-0.15, -0.1) is 11.3 Å². The van der Waals surface area contributed by atoms with Gasteiger partial charge in [-0.3, -0.25) is 0 Å². The molecule has 2 N–H and O–H groups in total. The van der Waals surface area contributed by atoms with Crippen molar-refractivity contribution in [1.29, 1.82) is 0 Å². The van der Waals surface area contributed by atoms with E-state index < -0.39 is 0 Å². The number of thiocarbonyl (C=S) groups is 1. The predicted octanol–water partition coefficient (Wildman–Crippen LogP) is 4.86. The molecule has 0 aliphatic carbocycles. The van der Waals surface area contributed by atoms with Gasteiger partial charge >= 0.3 is 5.97 Å². The second kappa shape index (κ2) is 8.08. The number of nitrogens with one attached hydrogen (secondary N) is 2. The molecule has 1 aromatic carbocycles. The average molecular weight is 348 g/mol. The molecule has 0 amide bonds. The summed E-state index contributed by atoms with van der Waals surface area (Å²) in [4.78, 5) is 12.2. The molecule has 6 heteroatoms. The monoisotopic (exact) mass is 348 g/mol. The number of methoxy groups -OCH3 is 1. The highest BCUT2D eigenvalue weighted by Crippen LogP contribution is 2.24. The van der Waals surface area contributed by atoms with Crippen molar-refractivity contribution >= 4 is 46.0 Å². The molecule has 2 rings (SSSR count). The van der Waals surface area contributed by atoms with Crippen molar-refractivity contribution in [3.63, 3.8) is 0 Å². The van der Waals surface area contributed by atoms with Gasteiger partial charge in [0.1, 0.15) is 4.88 Å². The van der Waals surface area contributed by atoms with Crippen LogP contribution in [0.3, 0.4) is 0 Å². The topological polar surface area (TPSA) is 50.4 Å². The van der Waals surface area contributed by atoms with Gasteiger partial charge in [0, 0.05) is 5.69 Å². The highest BCUT2D eigenvalue weighted by molar-refractivity contribution is 7.80. The van der Waals surface area contributed by atoms with Crippen LogP contribution in [0.1, 0.15) is 41.4 Å². The lowest BCUT2D eigenvalue weighted by molar-refractivity contribution is 0.0607. The summed E-state index contributed by atoms with van der Waals surface area (Å²) in [5.74, 6) is 0.172. The summed E-state index contributed by atoms with van der Waals surface area (Å²) in [6.07, 6.45) is 1.11. The maximum absolute atomic E-state index is 11.6. The van der Waals surface area contributed by atoms with Crippen molar-refractivity contribution < 1.29 is 9.53 Å². The minimum Gasteiger partial charge on any atom is -0.465 e. The van der Waals surface area contributed by atoms with Gasteiger partial charge in [-0.25, -0.2) is 4.79 Å². The quantitative estimate of drug-likeness (QED) is 0.597. The molecule has 0 spiro atoms. The van der Waals surface area contributed by atoms with Crippen LogP contribution < -0.4 is 10.6 Å². The Morgan fingerprint density at radius 2 is 1.96 bits per heavy atom. The van der Waals surface area contributed by atoms with Gasteiger partial charge in [0.25, 0.3) is 0 Å². The predicted molar refractivity (Wildman–Crippen MR) is 101 cm³/mol. The molecule has 1 aromatic heterocycles. The van der Waals surface area contributed by atoms with E-state index in [0.29, 0.717) is 21.6 Å². The number of carbonyl (C=O) groups excluding carboxylic acids is 1. The smallest absolute Gasteiger partial charge is 0.350 e. The van der Waals surface area contributed by atoms with Crippen LogP contribution in [0.15, 0.2) is 35.7 Å². The van der Waals surface area contributed by atoms with E-state index in [9.17, 15) is 4.79 Å². The summed E-state index contributed by atoms with van der Waals surface area (Å²) in [5.41, 5.74) is 2.86.